The van der Waals surface area contributed by atoms with E-state index in [1.807, 2.05) is 0 Å². The lowest BCUT2D eigenvalue weighted by molar-refractivity contribution is -0.131. The third-order valence-electron chi connectivity index (χ3n) is 3.32. The second-order valence-electron chi connectivity index (χ2n) is 4.77. The van der Waals surface area contributed by atoms with Gasteiger partial charge in [0.05, 0.1) is 0 Å². The van der Waals surface area contributed by atoms with Gasteiger partial charge in [0.2, 0.25) is 5.91 Å². The van der Waals surface area contributed by atoms with Crippen molar-refractivity contribution in [1.82, 2.24) is 10.6 Å². The lowest BCUT2D eigenvalue weighted by Crippen LogP contribution is -2.46. The molecular weight excluding hydrogens is 188 g/mol. The second-order valence-corrected chi connectivity index (χ2v) is 4.77. The predicted octanol–water partition coefficient (Wildman–Crippen LogP) is 1.68. The predicted molar refractivity (Wildman–Crippen MR) is 62.7 cm³/mol. The normalized spacial score (nSPS) is 19.9. The molecule has 2 N–H and O–H groups in total. The molecule has 0 aromatic rings. The Morgan fingerprint density at radius 1 is 1.33 bits per heavy atom. The zero-order valence-electron chi connectivity index (χ0n) is 10.1. The number of nitrogens with one attached hydrogen (secondary N) is 2. The van der Waals surface area contributed by atoms with E-state index in [0.29, 0.717) is 0 Å². The summed E-state index contributed by atoms with van der Waals surface area (Å²) in [7, 11) is 0. The lowest BCUT2D eigenvalue weighted by atomic mass is 9.80. The van der Waals surface area contributed by atoms with Gasteiger partial charge in [0.25, 0.3) is 0 Å². The summed E-state index contributed by atoms with van der Waals surface area (Å²) in [5, 5.41) is 6.35. The first-order chi connectivity index (χ1) is 7.19. The number of carbonyl (C=O) groups is 1. The summed E-state index contributed by atoms with van der Waals surface area (Å²) in [4.78, 5) is 11.9. The van der Waals surface area contributed by atoms with Crippen LogP contribution in [0.2, 0.25) is 0 Å². The quantitative estimate of drug-likeness (QED) is 0.681. The Balaban J connectivity index is 2.25. The monoisotopic (exact) mass is 212 g/mol. The van der Waals surface area contributed by atoms with Gasteiger partial charge in [-0.1, -0.05) is 26.7 Å². The molecule has 1 rings (SSSR count). The van der Waals surface area contributed by atoms with E-state index in [4.69, 9.17) is 0 Å². The summed E-state index contributed by atoms with van der Waals surface area (Å²) in [6.07, 6.45) is 5.45. The van der Waals surface area contributed by atoms with E-state index in [0.717, 1.165) is 38.9 Å². The third kappa shape index (κ3) is 3.82. The maximum Gasteiger partial charge on any atom is 0.226 e. The molecule has 0 aromatic heterocycles. The van der Waals surface area contributed by atoms with E-state index >= 15 is 0 Å². The molecule has 0 aliphatic carbocycles. The first-order valence-corrected chi connectivity index (χ1v) is 6.18. The van der Waals surface area contributed by atoms with Crippen LogP contribution in [-0.2, 0) is 4.79 Å². The Morgan fingerprint density at radius 2 is 2.00 bits per heavy atom. The highest BCUT2D eigenvalue weighted by atomic mass is 16.2. The fraction of sp³-hybridized carbons (Fsp3) is 0.917. The molecule has 88 valence electrons. The van der Waals surface area contributed by atoms with Gasteiger partial charge in [-0.2, -0.15) is 0 Å². The van der Waals surface area contributed by atoms with Crippen LogP contribution in [0.3, 0.4) is 0 Å². The number of rotatable bonds is 5. The molecule has 0 radical (unpaired) electrons. The van der Waals surface area contributed by atoms with Crippen molar-refractivity contribution in [2.45, 2.75) is 46.0 Å². The molecule has 15 heavy (non-hydrogen) atoms. The van der Waals surface area contributed by atoms with Crippen molar-refractivity contribution in [3.8, 4) is 0 Å². The molecule has 0 bridgehead atoms. The molecule has 0 atom stereocenters. The SMILES string of the molecule is CCCCCNC(=O)C1(C)CCNCC1. The van der Waals surface area contributed by atoms with Gasteiger partial charge in [0, 0.05) is 12.0 Å². The minimum atomic E-state index is -0.128. The summed E-state index contributed by atoms with van der Waals surface area (Å²) in [6, 6.07) is 0. The van der Waals surface area contributed by atoms with Crippen molar-refractivity contribution in [1.29, 1.82) is 0 Å². The Morgan fingerprint density at radius 3 is 2.60 bits per heavy atom. The Bertz CT molecular complexity index is 198. The van der Waals surface area contributed by atoms with Crippen LogP contribution < -0.4 is 10.6 Å². The van der Waals surface area contributed by atoms with Crippen molar-refractivity contribution in [3.63, 3.8) is 0 Å². The van der Waals surface area contributed by atoms with E-state index in [1.165, 1.54) is 12.8 Å². The van der Waals surface area contributed by atoms with E-state index in [9.17, 15) is 4.79 Å². The van der Waals surface area contributed by atoms with E-state index in [2.05, 4.69) is 24.5 Å². The fourth-order valence-corrected chi connectivity index (χ4v) is 2.00. The van der Waals surface area contributed by atoms with Crippen LogP contribution >= 0.6 is 0 Å². The number of piperidine rings is 1. The molecule has 1 aliphatic rings. The molecule has 1 fully saturated rings. The maximum absolute atomic E-state index is 11.9. The van der Waals surface area contributed by atoms with Crippen molar-refractivity contribution < 1.29 is 4.79 Å². The number of unbranched alkanes of at least 4 members (excludes halogenated alkanes) is 2. The topological polar surface area (TPSA) is 41.1 Å². The number of amides is 1. The molecular formula is C12H24N2O. The van der Waals surface area contributed by atoms with Crippen LogP contribution in [-0.4, -0.2) is 25.5 Å². The number of hydrogen-bond acceptors (Lipinski definition) is 2. The average Bonchev–Trinajstić information content (AvgIpc) is 2.25. The first kappa shape index (κ1) is 12.5. The van der Waals surface area contributed by atoms with Gasteiger partial charge in [-0.15, -0.1) is 0 Å². The highest BCUT2D eigenvalue weighted by Crippen LogP contribution is 2.27. The maximum atomic E-state index is 11.9. The smallest absolute Gasteiger partial charge is 0.226 e. The molecule has 0 saturated carbocycles. The molecule has 1 saturated heterocycles. The van der Waals surface area contributed by atoms with Gasteiger partial charge >= 0.3 is 0 Å². The molecule has 0 spiro atoms. The largest absolute Gasteiger partial charge is 0.356 e. The molecule has 0 aromatic carbocycles. The van der Waals surface area contributed by atoms with Gasteiger partial charge in [0.1, 0.15) is 0 Å². The van der Waals surface area contributed by atoms with Gasteiger partial charge in [-0.25, -0.2) is 0 Å². The van der Waals surface area contributed by atoms with Crippen LogP contribution in [0.1, 0.15) is 46.0 Å². The second kappa shape index (κ2) is 6.11. The Labute approximate surface area is 93.0 Å². The van der Waals surface area contributed by atoms with Gasteiger partial charge < -0.3 is 10.6 Å². The van der Waals surface area contributed by atoms with E-state index in [1.54, 1.807) is 0 Å². The van der Waals surface area contributed by atoms with Crippen molar-refractivity contribution in [3.05, 3.63) is 0 Å². The van der Waals surface area contributed by atoms with Crippen LogP contribution in [0.5, 0.6) is 0 Å². The average molecular weight is 212 g/mol. The lowest BCUT2D eigenvalue weighted by Gasteiger charge is -2.32. The number of carbonyl (C=O) groups excluding carboxylic acids is 1. The molecule has 1 heterocycles. The van der Waals surface area contributed by atoms with E-state index < -0.39 is 0 Å². The zero-order valence-corrected chi connectivity index (χ0v) is 10.1. The summed E-state index contributed by atoms with van der Waals surface area (Å²) in [5.74, 6) is 0.250. The van der Waals surface area contributed by atoms with Crippen LogP contribution in [0.15, 0.2) is 0 Å². The summed E-state index contributed by atoms with van der Waals surface area (Å²) in [5.41, 5.74) is -0.128. The Kier molecular flexibility index (Phi) is 5.09. The summed E-state index contributed by atoms with van der Waals surface area (Å²) < 4.78 is 0. The van der Waals surface area contributed by atoms with E-state index in [-0.39, 0.29) is 11.3 Å². The van der Waals surface area contributed by atoms with Crippen molar-refractivity contribution >= 4 is 5.91 Å². The summed E-state index contributed by atoms with van der Waals surface area (Å²) in [6.45, 7) is 7.05. The molecule has 1 amide bonds. The van der Waals surface area contributed by atoms with Gasteiger partial charge in [-0.05, 0) is 32.4 Å². The molecule has 1 aliphatic heterocycles. The number of hydrogen-bond donors (Lipinski definition) is 2. The van der Waals surface area contributed by atoms with Crippen molar-refractivity contribution in [2.24, 2.45) is 5.41 Å². The van der Waals surface area contributed by atoms with Crippen molar-refractivity contribution in [2.75, 3.05) is 19.6 Å². The minimum absolute atomic E-state index is 0.128. The van der Waals surface area contributed by atoms with Gasteiger partial charge in [0.15, 0.2) is 0 Å². The molecule has 3 nitrogen and oxygen atoms in total. The highest BCUT2D eigenvalue weighted by molar-refractivity contribution is 5.82. The minimum Gasteiger partial charge on any atom is -0.356 e. The fourth-order valence-electron chi connectivity index (χ4n) is 2.00. The zero-order chi connectivity index (χ0) is 11.1. The highest BCUT2D eigenvalue weighted by Gasteiger charge is 2.33. The summed E-state index contributed by atoms with van der Waals surface area (Å²) >= 11 is 0. The third-order valence-corrected chi connectivity index (χ3v) is 3.32. The van der Waals surface area contributed by atoms with Crippen LogP contribution in [0.4, 0.5) is 0 Å². The molecule has 0 unspecified atom stereocenters. The van der Waals surface area contributed by atoms with Crippen LogP contribution in [0, 0.1) is 5.41 Å². The Hall–Kier alpha value is -0.570. The molecule has 3 heteroatoms. The van der Waals surface area contributed by atoms with Crippen LogP contribution in [0.25, 0.3) is 0 Å². The standard InChI is InChI=1S/C12H24N2O/c1-3-4-5-8-14-11(15)12(2)6-9-13-10-7-12/h13H,3-10H2,1-2H3,(H,14,15). The first-order valence-electron chi connectivity index (χ1n) is 6.18. The van der Waals surface area contributed by atoms with Gasteiger partial charge in [-0.3, -0.25) is 4.79 Å².